The number of hydrogen-bond acceptors (Lipinski definition) is 6. The minimum absolute atomic E-state index is 0.0486. The Bertz CT molecular complexity index is 489. The van der Waals surface area contributed by atoms with E-state index in [0.29, 0.717) is 24.6 Å². The van der Waals surface area contributed by atoms with Crippen LogP contribution in [0.5, 0.6) is 5.75 Å². The number of benzene rings is 1. The third kappa shape index (κ3) is 3.55. The third-order valence-electron chi connectivity index (χ3n) is 3.16. The molecular weight excluding hydrogens is 280 g/mol. The summed E-state index contributed by atoms with van der Waals surface area (Å²) >= 11 is 1.73. The van der Waals surface area contributed by atoms with Gasteiger partial charge in [-0.3, -0.25) is 10.1 Å². The highest BCUT2D eigenvalue weighted by atomic mass is 32.2. The molecule has 0 aromatic heterocycles. The average molecular weight is 298 g/mol. The predicted octanol–water partition coefficient (Wildman–Crippen LogP) is 2.27. The molecule has 1 unspecified atom stereocenters. The van der Waals surface area contributed by atoms with E-state index < -0.39 is 10.5 Å². The fraction of sp³-hybridized carbons (Fsp3) is 0.538. The van der Waals surface area contributed by atoms with Crippen LogP contribution in [0.15, 0.2) is 18.2 Å². The molecule has 0 bridgehead atoms. The molecule has 2 N–H and O–H groups in total. The molecule has 110 valence electrons. The van der Waals surface area contributed by atoms with Gasteiger partial charge in [-0.05, 0) is 25.2 Å². The van der Waals surface area contributed by atoms with Crippen molar-refractivity contribution in [3.8, 4) is 5.75 Å². The molecule has 1 aromatic rings. The van der Waals surface area contributed by atoms with E-state index in [1.807, 2.05) is 0 Å². The minimum Gasteiger partial charge on any atom is -0.487 e. The Kier molecular flexibility index (Phi) is 4.72. The Morgan fingerprint density at radius 2 is 2.40 bits per heavy atom. The molecule has 1 heterocycles. The van der Waals surface area contributed by atoms with Crippen molar-refractivity contribution >= 4 is 23.1 Å². The van der Waals surface area contributed by atoms with Crippen molar-refractivity contribution in [1.82, 2.24) is 0 Å². The molecule has 2 rings (SSSR count). The zero-order valence-corrected chi connectivity index (χ0v) is 12.1. The van der Waals surface area contributed by atoms with Crippen LogP contribution in [0.2, 0.25) is 0 Å². The Labute approximate surface area is 121 Å². The van der Waals surface area contributed by atoms with Crippen LogP contribution in [0.1, 0.15) is 13.3 Å². The van der Waals surface area contributed by atoms with Gasteiger partial charge in [0.1, 0.15) is 0 Å². The third-order valence-corrected chi connectivity index (χ3v) is 4.39. The molecule has 1 aliphatic heterocycles. The number of rotatable bonds is 6. The molecular formula is C13H18N2O4S. The molecule has 0 spiro atoms. The Morgan fingerprint density at radius 1 is 1.60 bits per heavy atom. The summed E-state index contributed by atoms with van der Waals surface area (Å²) in [6.07, 6.45) is 0.760. The van der Waals surface area contributed by atoms with Crippen molar-refractivity contribution in [3.63, 3.8) is 0 Å². The summed E-state index contributed by atoms with van der Waals surface area (Å²) < 4.78 is 5.29. The largest absolute Gasteiger partial charge is 0.487 e. The summed E-state index contributed by atoms with van der Waals surface area (Å²) in [5.41, 5.74) is -0.0324. The van der Waals surface area contributed by atoms with Crippen LogP contribution in [-0.4, -0.2) is 40.3 Å². The van der Waals surface area contributed by atoms with E-state index in [1.165, 1.54) is 6.07 Å². The highest BCUT2D eigenvalue weighted by Crippen LogP contribution is 2.32. The smallest absolute Gasteiger partial charge is 0.311 e. The van der Waals surface area contributed by atoms with Gasteiger partial charge in [0.25, 0.3) is 0 Å². The van der Waals surface area contributed by atoms with Crippen LogP contribution >= 0.6 is 11.8 Å². The van der Waals surface area contributed by atoms with Crippen LogP contribution in [0, 0.1) is 10.1 Å². The van der Waals surface area contributed by atoms with Gasteiger partial charge in [-0.15, -0.1) is 0 Å². The van der Waals surface area contributed by atoms with Crippen LogP contribution in [-0.2, 0) is 0 Å². The van der Waals surface area contributed by atoms with Crippen molar-refractivity contribution in [3.05, 3.63) is 28.3 Å². The quantitative estimate of drug-likeness (QED) is 0.619. The van der Waals surface area contributed by atoms with Crippen LogP contribution in [0.25, 0.3) is 0 Å². The Hall–Kier alpha value is -1.47. The van der Waals surface area contributed by atoms with Gasteiger partial charge in [0.2, 0.25) is 0 Å². The highest BCUT2D eigenvalue weighted by Gasteiger charge is 2.31. The standard InChI is InChI=1S/C13H18N2O4S/c1-2-19-12-7-10(3-4-11(12)15(17)18)14-8-13(16)5-6-20-9-13/h3-4,7,14,16H,2,5-6,8-9H2,1H3. The minimum atomic E-state index is -0.696. The van der Waals surface area contributed by atoms with Gasteiger partial charge in [0.15, 0.2) is 5.75 Å². The maximum absolute atomic E-state index is 10.9. The Balaban J connectivity index is 2.08. The van der Waals surface area contributed by atoms with Crippen LogP contribution in [0.3, 0.4) is 0 Å². The van der Waals surface area contributed by atoms with E-state index in [2.05, 4.69) is 5.32 Å². The van der Waals surface area contributed by atoms with E-state index in [9.17, 15) is 15.2 Å². The van der Waals surface area contributed by atoms with Gasteiger partial charge in [-0.1, -0.05) is 0 Å². The first-order valence-corrected chi connectivity index (χ1v) is 7.65. The molecule has 20 heavy (non-hydrogen) atoms. The SMILES string of the molecule is CCOc1cc(NCC2(O)CCSC2)ccc1[N+](=O)[O-]. The summed E-state index contributed by atoms with van der Waals surface area (Å²) in [5, 5.41) is 24.3. The number of nitrogens with zero attached hydrogens (tertiary/aromatic N) is 1. The number of aliphatic hydroxyl groups is 1. The van der Waals surface area contributed by atoms with Gasteiger partial charge in [0.05, 0.1) is 17.1 Å². The molecule has 7 heteroatoms. The summed E-state index contributed by atoms with van der Waals surface area (Å²) in [6, 6.07) is 4.65. The zero-order valence-electron chi connectivity index (χ0n) is 11.3. The second-order valence-corrected chi connectivity index (χ2v) is 5.86. The van der Waals surface area contributed by atoms with Gasteiger partial charge in [-0.2, -0.15) is 11.8 Å². The first kappa shape index (κ1) is 14.9. The second kappa shape index (κ2) is 6.32. The molecule has 1 aliphatic rings. The van der Waals surface area contributed by atoms with Crippen molar-refractivity contribution in [2.75, 3.05) is 30.0 Å². The van der Waals surface area contributed by atoms with Crippen LogP contribution in [0.4, 0.5) is 11.4 Å². The summed E-state index contributed by atoms with van der Waals surface area (Å²) in [6.45, 7) is 2.58. The van der Waals surface area contributed by atoms with E-state index in [-0.39, 0.29) is 11.4 Å². The topological polar surface area (TPSA) is 84.6 Å². The second-order valence-electron chi connectivity index (χ2n) is 4.75. The molecule has 0 saturated carbocycles. The molecule has 0 aliphatic carbocycles. The van der Waals surface area contributed by atoms with Gasteiger partial charge in [0, 0.05) is 30.1 Å². The number of hydrogen-bond donors (Lipinski definition) is 2. The molecule has 1 aromatic carbocycles. The lowest BCUT2D eigenvalue weighted by Gasteiger charge is -2.22. The van der Waals surface area contributed by atoms with Gasteiger partial charge >= 0.3 is 5.69 Å². The van der Waals surface area contributed by atoms with E-state index in [4.69, 9.17) is 4.74 Å². The number of nitro groups is 1. The Morgan fingerprint density at radius 3 is 3.00 bits per heavy atom. The lowest BCUT2D eigenvalue weighted by Crippen LogP contribution is -2.36. The molecule has 1 fully saturated rings. The van der Waals surface area contributed by atoms with Crippen LogP contribution < -0.4 is 10.1 Å². The van der Waals surface area contributed by atoms with Crippen molar-refractivity contribution < 1.29 is 14.8 Å². The lowest BCUT2D eigenvalue weighted by molar-refractivity contribution is -0.385. The number of thioether (sulfide) groups is 1. The molecule has 1 saturated heterocycles. The van der Waals surface area contributed by atoms with E-state index in [1.54, 1.807) is 30.8 Å². The summed E-state index contributed by atoms with van der Waals surface area (Å²) in [4.78, 5) is 10.4. The zero-order chi connectivity index (χ0) is 14.6. The lowest BCUT2D eigenvalue weighted by atomic mass is 10.0. The number of nitrogens with one attached hydrogen (secondary N) is 1. The monoisotopic (exact) mass is 298 g/mol. The molecule has 0 amide bonds. The van der Waals surface area contributed by atoms with E-state index >= 15 is 0 Å². The highest BCUT2D eigenvalue weighted by molar-refractivity contribution is 7.99. The van der Waals surface area contributed by atoms with Gasteiger partial charge in [-0.25, -0.2) is 0 Å². The first-order valence-electron chi connectivity index (χ1n) is 6.49. The van der Waals surface area contributed by atoms with Crippen molar-refractivity contribution in [1.29, 1.82) is 0 Å². The maximum atomic E-state index is 10.9. The van der Waals surface area contributed by atoms with E-state index in [0.717, 1.165) is 12.2 Å². The summed E-state index contributed by atoms with van der Waals surface area (Å²) in [7, 11) is 0. The van der Waals surface area contributed by atoms with Crippen molar-refractivity contribution in [2.24, 2.45) is 0 Å². The molecule has 0 radical (unpaired) electrons. The normalized spacial score (nSPS) is 21.7. The number of nitro benzene ring substituents is 1. The average Bonchev–Trinajstić information content (AvgIpc) is 2.84. The number of ether oxygens (including phenoxy) is 1. The molecule has 1 atom stereocenters. The first-order chi connectivity index (χ1) is 9.54. The van der Waals surface area contributed by atoms with Crippen molar-refractivity contribution in [2.45, 2.75) is 18.9 Å². The fourth-order valence-electron chi connectivity index (χ4n) is 2.05. The predicted molar refractivity (Wildman–Crippen MR) is 79.6 cm³/mol. The summed E-state index contributed by atoms with van der Waals surface area (Å²) in [5.74, 6) is 1.92. The fourth-order valence-corrected chi connectivity index (χ4v) is 3.34. The van der Waals surface area contributed by atoms with Gasteiger partial charge < -0.3 is 15.2 Å². The maximum Gasteiger partial charge on any atom is 0.311 e. The molecule has 6 nitrogen and oxygen atoms in total. The number of anilines is 1.